The second-order valence-corrected chi connectivity index (χ2v) is 6.55. The number of carbonyl (C=O) groups excluding carboxylic acids is 1. The summed E-state index contributed by atoms with van der Waals surface area (Å²) in [5.41, 5.74) is 3.10. The van der Waals surface area contributed by atoms with Crippen molar-refractivity contribution in [1.29, 1.82) is 0 Å². The first-order valence-electron chi connectivity index (χ1n) is 8.93. The summed E-state index contributed by atoms with van der Waals surface area (Å²) in [7, 11) is 1.80. The van der Waals surface area contributed by atoms with Gasteiger partial charge >= 0.3 is 0 Å². The molecule has 0 fully saturated rings. The average Bonchev–Trinajstić information content (AvgIpc) is 3.31. The third-order valence-electron chi connectivity index (χ3n) is 4.16. The lowest BCUT2D eigenvalue weighted by Gasteiger charge is -2.07. The van der Waals surface area contributed by atoms with E-state index in [4.69, 9.17) is 4.74 Å². The molecule has 29 heavy (non-hydrogen) atoms. The van der Waals surface area contributed by atoms with Crippen LogP contribution < -0.4 is 10.1 Å². The minimum atomic E-state index is -0.369. The van der Waals surface area contributed by atoms with E-state index >= 15 is 0 Å². The highest BCUT2D eigenvalue weighted by Crippen LogP contribution is 2.21. The number of anilines is 1. The molecular formula is C20H19N7O2. The summed E-state index contributed by atoms with van der Waals surface area (Å²) < 4.78 is 7.33. The molecule has 0 saturated heterocycles. The van der Waals surface area contributed by atoms with Gasteiger partial charge in [0.25, 0.3) is 5.91 Å². The van der Waals surface area contributed by atoms with Crippen LogP contribution in [0.1, 0.15) is 21.7 Å². The standard InChI is InChI=1S/C20H19N7O2/c1-13-4-7-17(8-5-13)29-18-9-6-15(10-21-18)23-20(28)19-14(2)24-27(25-19)16-11-22-26(3)12-16/h4-12H,1-3H3,(H,23,28). The Morgan fingerprint density at radius 3 is 2.48 bits per heavy atom. The van der Waals surface area contributed by atoms with Crippen molar-refractivity contribution in [3.8, 4) is 17.3 Å². The highest BCUT2D eigenvalue weighted by Gasteiger charge is 2.17. The van der Waals surface area contributed by atoms with Crippen molar-refractivity contribution in [2.24, 2.45) is 7.05 Å². The fraction of sp³-hybridized carbons (Fsp3) is 0.150. The molecule has 0 spiro atoms. The second kappa shape index (κ2) is 7.55. The number of ether oxygens (including phenoxy) is 1. The quantitative estimate of drug-likeness (QED) is 0.563. The van der Waals surface area contributed by atoms with Gasteiger partial charge in [-0.3, -0.25) is 9.48 Å². The Bertz CT molecular complexity index is 1140. The van der Waals surface area contributed by atoms with Crippen molar-refractivity contribution < 1.29 is 9.53 Å². The minimum absolute atomic E-state index is 0.230. The van der Waals surface area contributed by atoms with E-state index in [1.54, 1.807) is 43.2 Å². The number of pyridine rings is 1. The Morgan fingerprint density at radius 2 is 1.83 bits per heavy atom. The lowest BCUT2D eigenvalue weighted by Crippen LogP contribution is -2.14. The molecule has 1 N–H and O–H groups in total. The number of amides is 1. The third kappa shape index (κ3) is 4.13. The van der Waals surface area contributed by atoms with Crippen LogP contribution in [0.15, 0.2) is 55.0 Å². The third-order valence-corrected chi connectivity index (χ3v) is 4.16. The summed E-state index contributed by atoms with van der Waals surface area (Å²) >= 11 is 0. The van der Waals surface area contributed by atoms with Crippen molar-refractivity contribution in [2.45, 2.75) is 13.8 Å². The molecule has 4 aromatic rings. The molecule has 9 nitrogen and oxygen atoms in total. The number of hydrogen-bond acceptors (Lipinski definition) is 6. The van der Waals surface area contributed by atoms with Crippen molar-refractivity contribution in [1.82, 2.24) is 29.8 Å². The van der Waals surface area contributed by atoms with E-state index in [1.165, 1.54) is 11.0 Å². The highest BCUT2D eigenvalue weighted by molar-refractivity contribution is 6.03. The molecule has 1 amide bonds. The first-order chi connectivity index (χ1) is 14.0. The van der Waals surface area contributed by atoms with E-state index < -0.39 is 0 Å². The van der Waals surface area contributed by atoms with Crippen LogP contribution in [0.2, 0.25) is 0 Å². The topological polar surface area (TPSA) is 99.8 Å². The van der Waals surface area contributed by atoms with E-state index in [9.17, 15) is 4.79 Å². The summed E-state index contributed by atoms with van der Waals surface area (Å²) in [6.45, 7) is 3.74. The predicted molar refractivity (Wildman–Crippen MR) is 106 cm³/mol. The summed E-state index contributed by atoms with van der Waals surface area (Å²) in [5, 5.41) is 15.4. The largest absolute Gasteiger partial charge is 0.439 e. The number of rotatable bonds is 5. The lowest BCUT2D eigenvalue weighted by atomic mass is 10.2. The van der Waals surface area contributed by atoms with Crippen molar-refractivity contribution in [3.05, 3.63) is 71.9 Å². The number of aryl methyl sites for hydroxylation is 3. The van der Waals surface area contributed by atoms with Crippen LogP contribution in [-0.4, -0.2) is 35.7 Å². The summed E-state index contributed by atoms with van der Waals surface area (Å²) in [6, 6.07) is 11.1. The monoisotopic (exact) mass is 389 g/mol. The lowest BCUT2D eigenvalue weighted by molar-refractivity contribution is 0.102. The van der Waals surface area contributed by atoms with Crippen LogP contribution >= 0.6 is 0 Å². The van der Waals surface area contributed by atoms with Gasteiger partial charge < -0.3 is 10.1 Å². The molecule has 4 rings (SSSR count). The van der Waals surface area contributed by atoms with Crippen LogP contribution in [0.3, 0.4) is 0 Å². The van der Waals surface area contributed by atoms with Crippen molar-refractivity contribution in [2.75, 3.05) is 5.32 Å². The molecule has 0 bridgehead atoms. The zero-order valence-corrected chi connectivity index (χ0v) is 16.2. The number of nitrogens with one attached hydrogen (secondary N) is 1. The Morgan fingerprint density at radius 1 is 1.03 bits per heavy atom. The zero-order valence-electron chi connectivity index (χ0n) is 16.2. The Hall–Kier alpha value is -4.01. The summed E-state index contributed by atoms with van der Waals surface area (Å²) in [6.07, 6.45) is 4.91. The van der Waals surface area contributed by atoms with Crippen molar-refractivity contribution in [3.63, 3.8) is 0 Å². The van der Waals surface area contributed by atoms with Gasteiger partial charge in [0.2, 0.25) is 5.88 Å². The highest BCUT2D eigenvalue weighted by atomic mass is 16.5. The zero-order chi connectivity index (χ0) is 20.4. The number of hydrogen-bond donors (Lipinski definition) is 1. The molecule has 3 heterocycles. The van der Waals surface area contributed by atoms with Gasteiger partial charge in [-0.15, -0.1) is 9.90 Å². The maximum atomic E-state index is 12.6. The van der Waals surface area contributed by atoms with Gasteiger partial charge in [-0.25, -0.2) is 4.98 Å². The Balaban J connectivity index is 1.44. The van der Waals surface area contributed by atoms with Gasteiger partial charge in [0.05, 0.1) is 30.0 Å². The van der Waals surface area contributed by atoms with Gasteiger partial charge in [-0.05, 0) is 32.0 Å². The van der Waals surface area contributed by atoms with E-state index in [1.807, 2.05) is 31.2 Å². The predicted octanol–water partition coefficient (Wildman–Crippen LogP) is 3.06. The SMILES string of the molecule is Cc1ccc(Oc2ccc(NC(=O)c3nn(-c4cnn(C)c4)nc3C)cn2)cc1. The van der Waals surface area contributed by atoms with Gasteiger partial charge in [-0.1, -0.05) is 17.7 Å². The Kier molecular flexibility index (Phi) is 4.78. The van der Waals surface area contributed by atoms with Gasteiger partial charge in [-0.2, -0.15) is 10.2 Å². The van der Waals surface area contributed by atoms with E-state index in [-0.39, 0.29) is 11.6 Å². The Labute approximate surface area is 167 Å². The molecule has 3 aromatic heterocycles. The van der Waals surface area contributed by atoms with Crippen molar-refractivity contribution >= 4 is 11.6 Å². The fourth-order valence-corrected chi connectivity index (χ4v) is 2.65. The molecule has 0 aliphatic heterocycles. The number of carbonyl (C=O) groups is 1. The maximum absolute atomic E-state index is 12.6. The molecule has 0 unspecified atom stereocenters. The van der Waals surface area contributed by atoms with E-state index in [2.05, 4.69) is 25.6 Å². The number of benzene rings is 1. The molecule has 1 aromatic carbocycles. The second-order valence-electron chi connectivity index (χ2n) is 6.55. The molecule has 0 saturated carbocycles. The van der Waals surface area contributed by atoms with Crippen LogP contribution in [0.4, 0.5) is 5.69 Å². The first kappa shape index (κ1) is 18.4. The molecule has 0 aliphatic carbocycles. The van der Waals surface area contributed by atoms with E-state index in [0.717, 1.165) is 5.56 Å². The van der Waals surface area contributed by atoms with E-state index in [0.29, 0.717) is 28.7 Å². The van der Waals surface area contributed by atoms with Crippen LogP contribution in [-0.2, 0) is 7.05 Å². The smallest absolute Gasteiger partial charge is 0.278 e. The first-order valence-corrected chi connectivity index (χ1v) is 8.93. The van der Waals surface area contributed by atoms with Gasteiger partial charge in [0, 0.05) is 13.1 Å². The minimum Gasteiger partial charge on any atom is -0.439 e. The summed E-state index contributed by atoms with van der Waals surface area (Å²) in [4.78, 5) is 18.2. The molecule has 0 atom stereocenters. The normalized spacial score (nSPS) is 10.7. The molecule has 146 valence electrons. The maximum Gasteiger partial charge on any atom is 0.278 e. The fourth-order valence-electron chi connectivity index (χ4n) is 2.65. The number of aromatic nitrogens is 6. The molecule has 0 radical (unpaired) electrons. The molecule has 0 aliphatic rings. The van der Waals surface area contributed by atoms with Crippen LogP contribution in [0.25, 0.3) is 5.69 Å². The number of nitrogens with zero attached hydrogens (tertiary/aromatic N) is 6. The molecular weight excluding hydrogens is 370 g/mol. The van der Waals surface area contributed by atoms with Crippen LogP contribution in [0, 0.1) is 13.8 Å². The van der Waals surface area contributed by atoms with Crippen LogP contribution in [0.5, 0.6) is 11.6 Å². The molecule has 9 heteroatoms. The van der Waals surface area contributed by atoms with Gasteiger partial charge in [0.1, 0.15) is 11.4 Å². The van der Waals surface area contributed by atoms with Gasteiger partial charge in [0.15, 0.2) is 5.69 Å². The summed E-state index contributed by atoms with van der Waals surface area (Å²) in [5.74, 6) is 0.764. The average molecular weight is 389 g/mol.